The van der Waals surface area contributed by atoms with Crippen molar-refractivity contribution in [1.82, 2.24) is 0 Å². The van der Waals surface area contributed by atoms with Gasteiger partial charge in [0.15, 0.2) is 0 Å². The maximum Gasteiger partial charge on any atom is 0.120 e. The smallest absolute Gasteiger partial charge is 0.120 e. The molecule has 0 heterocycles. The van der Waals surface area contributed by atoms with Crippen LogP contribution in [0.1, 0.15) is 26.3 Å². The molecule has 0 saturated heterocycles. The number of nitrogens with one attached hydrogen (secondary N) is 1. The first kappa shape index (κ1) is 15.4. The molecule has 0 aliphatic carbocycles. The zero-order chi connectivity index (χ0) is 15.3. The molecule has 0 saturated carbocycles. The van der Waals surface area contributed by atoms with Crippen LogP contribution in [0.25, 0.3) is 0 Å². The van der Waals surface area contributed by atoms with Crippen molar-refractivity contribution in [2.24, 2.45) is 5.10 Å². The van der Waals surface area contributed by atoms with Crippen LogP contribution >= 0.6 is 11.6 Å². The Morgan fingerprint density at radius 1 is 1.10 bits per heavy atom. The summed E-state index contributed by atoms with van der Waals surface area (Å²) in [6, 6.07) is 15.2. The normalized spacial score (nSPS) is 11.6. The molecule has 0 atom stereocenters. The largest absolute Gasteiger partial charge is 0.488 e. The van der Waals surface area contributed by atoms with Crippen molar-refractivity contribution in [3.8, 4) is 5.75 Å². The number of nitrogens with zero attached hydrogens (tertiary/aromatic N) is 1. The fourth-order valence-corrected chi connectivity index (χ4v) is 1.91. The fraction of sp³-hybridized carbons (Fsp3) is 0.235. The Kier molecular flexibility index (Phi) is 4.86. The molecule has 2 aromatic rings. The van der Waals surface area contributed by atoms with Crippen LogP contribution in [0.5, 0.6) is 5.75 Å². The maximum atomic E-state index is 5.91. The van der Waals surface area contributed by atoms with Crippen LogP contribution in [0.3, 0.4) is 0 Å². The van der Waals surface area contributed by atoms with Gasteiger partial charge in [-0.3, -0.25) is 5.43 Å². The number of rotatable bonds is 4. The van der Waals surface area contributed by atoms with E-state index in [4.69, 9.17) is 16.3 Å². The van der Waals surface area contributed by atoms with Crippen molar-refractivity contribution < 1.29 is 4.74 Å². The van der Waals surface area contributed by atoms with E-state index in [0.717, 1.165) is 17.0 Å². The number of hydrazone groups is 1. The van der Waals surface area contributed by atoms with Gasteiger partial charge in [0.1, 0.15) is 11.4 Å². The second-order valence-corrected chi connectivity index (χ2v) is 6.10. The Bertz CT molecular complexity index is 615. The highest BCUT2D eigenvalue weighted by atomic mass is 35.5. The number of benzene rings is 2. The SMILES string of the molecule is CC(C)(C)Oc1ccc(C=NNc2cccc(Cl)c2)cc1. The number of hydrogen-bond donors (Lipinski definition) is 1. The van der Waals surface area contributed by atoms with Crippen molar-refractivity contribution in [3.63, 3.8) is 0 Å². The lowest BCUT2D eigenvalue weighted by Crippen LogP contribution is -2.22. The van der Waals surface area contributed by atoms with Crippen LogP contribution in [0.2, 0.25) is 5.02 Å². The monoisotopic (exact) mass is 302 g/mol. The summed E-state index contributed by atoms with van der Waals surface area (Å²) in [6.07, 6.45) is 1.75. The van der Waals surface area contributed by atoms with E-state index in [2.05, 4.69) is 10.5 Å². The van der Waals surface area contributed by atoms with Crippen LogP contribution in [0.15, 0.2) is 53.6 Å². The van der Waals surface area contributed by atoms with E-state index in [1.165, 1.54) is 0 Å². The molecule has 0 amide bonds. The van der Waals surface area contributed by atoms with Gasteiger partial charge in [-0.2, -0.15) is 5.10 Å². The Morgan fingerprint density at radius 3 is 2.43 bits per heavy atom. The lowest BCUT2D eigenvalue weighted by molar-refractivity contribution is 0.131. The number of hydrogen-bond acceptors (Lipinski definition) is 3. The minimum absolute atomic E-state index is 0.191. The molecule has 0 bridgehead atoms. The molecule has 2 rings (SSSR count). The van der Waals surface area contributed by atoms with Gasteiger partial charge in [-0.25, -0.2) is 0 Å². The maximum absolute atomic E-state index is 5.91. The Hall–Kier alpha value is -2.00. The third kappa shape index (κ3) is 5.48. The molecule has 0 aromatic heterocycles. The molecule has 2 aromatic carbocycles. The molecule has 0 aliphatic heterocycles. The second kappa shape index (κ2) is 6.64. The molecular formula is C17H19ClN2O. The summed E-state index contributed by atoms with van der Waals surface area (Å²) in [7, 11) is 0. The average Bonchev–Trinajstić information content (AvgIpc) is 2.39. The summed E-state index contributed by atoms with van der Waals surface area (Å²) in [4.78, 5) is 0. The van der Waals surface area contributed by atoms with E-state index in [-0.39, 0.29) is 5.60 Å². The molecule has 21 heavy (non-hydrogen) atoms. The molecular weight excluding hydrogens is 284 g/mol. The van der Waals surface area contributed by atoms with E-state index in [9.17, 15) is 0 Å². The molecule has 1 N–H and O–H groups in total. The number of ether oxygens (including phenoxy) is 1. The predicted molar refractivity (Wildman–Crippen MR) is 89.5 cm³/mol. The third-order valence-corrected chi connectivity index (χ3v) is 2.77. The topological polar surface area (TPSA) is 33.6 Å². The van der Waals surface area contributed by atoms with E-state index in [1.54, 1.807) is 6.21 Å². The van der Waals surface area contributed by atoms with Crippen molar-refractivity contribution in [2.75, 3.05) is 5.43 Å². The summed E-state index contributed by atoms with van der Waals surface area (Å²) in [6.45, 7) is 6.08. The Morgan fingerprint density at radius 2 is 1.81 bits per heavy atom. The van der Waals surface area contributed by atoms with Gasteiger partial charge in [0.2, 0.25) is 0 Å². The first-order valence-corrected chi connectivity index (χ1v) is 7.14. The van der Waals surface area contributed by atoms with Crippen LogP contribution in [0.4, 0.5) is 5.69 Å². The minimum Gasteiger partial charge on any atom is -0.488 e. The highest BCUT2D eigenvalue weighted by Crippen LogP contribution is 2.18. The summed E-state index contributed by atoms with van der Waals surface area (Å²) in [5.41, 5.74) is 4.59. The highest BCUT2D eigenvalue weighted by molar-refractivity contribution is 6.30. The average molecular weight is 303 g/mol. The lowest BCUT2D eigenvalue weighted by Gasteiger charge is -2.21. The molecule has 0 radical (unpaired) electrons. The van der Waals surface area contributed by atoms with Gasteiger partial charge in [0.25, 0.3) is 0 Å². The van der Waals surface area contributed by atoms with Crippen molar-refractivity contribution in [2.45, 2.75) is 26.4 Å². The standard InChI is InChI=1S/C17H19ClN2O/c1-17(2,3)21-16-9-7-13(8-10-16)12-19-20-15-6-4-5-14(18)11-15/h4-12,20H,1-3H3. The van der Waals surface area contributed by atoms with Gasteiger partial charge in [0.05, 0.1) is 11.9 Å². The number of anilines is 1. The zero-order valence-corrected chi connectivity index (χ0v) is 13.2. The van der Waals surface area contributed by atoms with Gasteiger partial charge < -0.3 is 4.74 Å². The highest BCUT2D eigenvalue weighted by Gasteiger charge is 2.10. The molecule has 0 aliphatic rings. The number of halogens is 1. The molecule has 0 spiro atoms. The third-order valence-electron chi connectivity index (χ3n) is 2.54. The quantitative estimate of drug-likeness (QED) is 0.639. The van der Waals surface area contributed by atoms with Gasteiger partial charge in [-0.15, -0.1) is 0 Å². The van der Waals surface area contributed by atoms with Gasteiger partial charge in [-0.05, 0) is 68.8 Å². The van der Waals surface area contributed by atoms with Gasteiger partial charge >= 0.3 is 0 Å². The van der Waals surface area contributed by atoms with Crippen molar-refractivity contribution in [3.05, 3.63) is 59.1 Å². The molecule has 110 valence electrons. The Balaban J connectivity index is 1.95. The van der Waals surface area contributed by atoms with E-state index in [1.807, 2.05) is 69.3 Å². The Labute approximate surface area is 130 Å². The zero-order valence-electron chi connectivity index (χ0n) is 12.4. The summed E-state index contributed by atoms with van der Waals surface area (Å²) in [5.74, 6) is 0.849. The van der Waals surface area contributed by atoms with Crippen LogP contribution in [0, 0.1) is 0 Å². The molecule has 4 heteroatoms. The lowest BCUT2D eigenvalue weighted by atomic mass is 10.2. The minimum atomic E-state index is -0.191. The van der Waals surface area contributed by atoms with Crippen molar-refractivity contribution in [1.29, 1.82) is 0 Å². The first-order chi connectivity index (χ1) is 9.92. The summed E-state index contributed by atoms with van der Waals surface area (Å²) in [5, 5.41) is 4.86. The van der Waals surface area contributed by atoms with E-state index in [0.29, 0.717) is 5.02 Å². The van der Waals surface area contributed by atoms with Crippen molar-refractivity contribution >= 4 is 23.5 Å². The predicted octanol–water partition coefficient (Wildman–Crippen LogP) is 4.96. The fourth-order valence-electron chi connectivity index (χ4n) is 1.71. The van der Waals surface area contributed by atoms with Gasteiger partial charge in [-0.1, -0.05) is 17.7 Å². The van der Waals surface area contributed by atoms with E-state index < -0.39 is 0 Å². The first-order valence-electron chi connectivity index (χ1n) is 6.76. The molecule has 3 nitrogen and oxygen atoms in total. The van der Waals surface area contributed by atoms with Crippen LogP contribution < -0.4 is 10.2 Å². The second-order valence-electron chi connectivity index (χ2n) is 5.66. The summed E-state index contributed by atoms with van der Waals surface area (Å²) < 4.78 is 5.77. The van der Waals surface area contributed by atoms with Crippen LogP contribution in [-0.2, 0) is 0 Å². The molecule has 0 fully saturated rings. The molecule has 0 unspecified atom stereocenters. The summed E-state index contributed by atoms with van der Waals surface area (Å²) >= 11 is 5.91. The van der Waals surface area contributed by atoms with Crippen LogP contribution in [-0.4, -0.2) is 11.8 Å². The van der Waals surface area contributed by atoms with Gasteiger partial charge in [0, 0.05) is 5.02 Å². The van der Waals surface area contributed by atoms with E-state index >= 15 is 0 Å².